The van der Waals surface area contributed by atoms with Gasteiger partial charge in [-0.05, 0) is 42.7 Å². The number of hydrogen-bond donors (Lipinski definition) is 1. The molecule has 1 aliphatic carbocycles. The largest absolute Gasteiger partial charge is 0.310 e. The molecule has 1 aliphatic heterocycles. The van der Waals surface area contributed by atoms with Crippen LogP contribution in [-0.2, 0) is 0 Å². The fourth-order valence-corrected chi connectivity index (χ4v) is 4.46. The van der Waals surface area contributed by atoms with E-state index in [0.29, 0.717) is 17.0 Å². The second-order valence-corrected chi connectivity index (χ2v) is 9.12. The average Bonchev–Trinajstić information content (AvgIpc) is 2.84. The minimum atomic E-state index is 0.372. The van der Waals surface area contributed by atoms with E-state index >= 15 is 0 Å². The van der Waals surface area contributed by atoms with Gasteiger partial charge in [-0.3, -0.25) is 4.90 Å². The van der Waals surface area contributed by atoms with Gasteiger partial charge in [-0.25, -0.2) is 0 Å². The summed E-state index contributed by atoms with van der Waals surface area (Å²) in [5, 5.41) is 3.88. The fourth-order valence-electron chi connectivity index (χ4n) is 3.84. The van der Waals surface area contributed by atoms with Crippen molar-refractivity contribution in [3.05, 3.63) is 0 Å². The molecule has 1 atom stereocenters. The molecule has 0 aromatic heterocycles. The van der Waals surface area contributed by atoms with Gasteiger partial charge in [0.15, 0.2) is 0 Å². The number of thioether (sulfide) groups is 1. The predicted octanol–water partition coefficient (Wildman–Crippen LogP) is 3.76. The minimum Gasteiger partial charge on any atom is -0.310 e. The van der Waals surface area contributed by atoms with Crippen LogP contribution in [0.3, 0.4) is 0 Å². The van der Waals surface area contributed by atoms with Gasteiger partial charge in [0.1, 0.15) is 0 Å². The number of hydrogen-bond acceptors (Lipinski definition) is 3. The lowest BCUT2D eigenvalue weighted by molar-refractivity contribution is 0.0175. The lowest BCUT2D eigenvalue weighted by Crippen LogP contribution is -2.66. The summed E-state index contributed by atoms with van der Waals surface area (Å²) in [6.45, 7) is 13.2. The van der Waals surface area contributed by atoms with E-state index in [0.717, 1.165) is 0 Å². The van der Waals surface area contributed by atoms with Crippen LogP contribution in [0, 0.1) is 5.41 Å². The van der Waals surface area contributed by atoms with Crippen molar-refractivity contribution in [1.29, 1.82) is 0 Å². The van der Waals surface area contributed by atoms with Crippen molar-refractivity contribution in [3.63, 3.8) is 0 Å². The Labute approximate surface area is 130 Å². The normalized spacial score (nSPS) is 27.3. The zero-order valence-electron chi connectivity index (χ0n) is 14.0. The lowest BCUT2D eigenvalue weighted by Gasteiger charge is -2.51. The Balaban J connectivity index is 1.96. The van der Waals surface area contributed by atoms with Crippen LogP contribution in [0.5, 0.6) is 0 Å². The van der Waals surface area contributed by atoms with Crippen LogP contribution in [0.4, 0.5) is 0 Å². The van der Waals surface area contributed by atoms with Crippen molar-refractivity contribution < 1.29 is 0 Å². The SMILES string of the molecule is CCSCCCN1CC(C(C)(C)C)NCC12CCCC2. The number of piperazine rings is 1. The molecule has 2 aliphatic rings. The highest BCUT2D eigenvalue weighted by Gasteiger charge is 2.45. The highest BCUT2D eigenvalue weighted by atomic mass is 32.2. The third-order valence-electron chi connectivity index (χ3n) is 5.25. The highest BCUT2D eigenvalue weighted by Crippen LogP contribution is 2.39. The Bertz CT molecular complexity index is 292. The molecule has 0 amide bonds. The van der Waals surface area contributed by atoms with Gasteiger partial charge in [0.05, 0.1) is 0 Å². The summed E-state index contributed by atoms with van der Waals surface area (Å²) in [7, 11) is 0. The zero-order chi connectivity index (χ0) is 14.6. The monoisotopic (exact) mass is 298 g/mol. The van der Waals surface area contributed by atoms with E-state index in [2.05, 4.69) is 49.7 Å². The molecule has 2 rings (SSSR count). The first kappa shape index (κ1) is 16.6. The Kier molecular flexibility index (Phi) is 5.84. The van der Waals surface area contributed by atoms with Crippen LogP contribution < -0.4 is 5.32 Å². The van der Waals surface area contributed by atoms with E-state index in [4.69, 9.17) is 0 Å². The van der Waals surface area contributed by atoms with E-state index in [1.165, 1.54) is 63.2 Å². The van der Waals surface area contributed by atoms with Crippen LogP contribution in [0.15, 0.2) is 0 Å². The predicted molar refractivity (Wildman–Crippen MR) is 91.6 cm³/mol. The maximum absolute atomic E-state index is 3.88. The summed E-state index contributed by atoms with van der Waals surface area (Å²) in [5.74, 6) is 2.59. The van der Waals surface area contributed by atoms with Crippen LogP contribution in [0.2, 0.25) is 0 Å². The van der Waals surface area contributed by atoms with E-state index < -0.39 is 0 Å². The molecule has 2 nitrogen and oxygen atoms in total. The minimum absolute atomic E-state index is 0.372. The highest BCUT2D eigenvalue weighted by molar-refractivity contribution is 7.99. The first-order chi connectivity index (χ1) is 9.48. The molecule has 1 heterocycles. The molecular formula is C17H34N2S. The van der Waals surface area contributed by atoms with Gasteiger partial charge in [0.25, 0.3) is 0 Å². The molecule has 0 radical (unpaired) electrons. The summed E-state index contributed by atoms with van der Waals surface area (Å²) in [6, 6.07) is 0.646. The van der Waals surface area contributed by atoms with Crippen molar-refractivity contribution in [3.8, 4) is 0 Å². The smallest absolute Gasteiger partial charge is 0.0334 e. The topological polar surface area (TPSA) is 15.3 Å². The van der Waals surface area contributed by atoms with Crippen molar-refractivity contribution >= 4 is 11.8 Å². The number of rotatable bonds is 5. The second-order valence-electron chi connectivity index (χ2n) is 7.73. The van der Waals surface area contributed by atoms with Gasteiger partial charge in [-0.15, -0.1) is 0 Å². The Morgan fingerprint density at radius 2 is 1.95 bits per heavy atom. The van der Waals surface area contributed by atoms with E-state index in [9.17, 15) is 0 Å². The quantitative estimate of drug-likeness (QED) is 0.778. The third kappa shape index (κ3) is 3.92. The van der Waals surface area contributed by atoms with E-state index in [-0.39, 0.29) is 0 Å². The summed E-state index contributed by atoms with van der Waals surface area (Å²) in [4.78, 5) is 2.86. The molecule has 1 unspecified atom stereocenters. The molecule has 1 N–H and O–H groups in total. The Morgan fingerprint density at radius 1 is 1.25 bits per heavy atom. The average molecular weight is 299 g/mol. The molecule has 0 bridgehead atoms. The first-order valence-electron chi connectivity index (χ1n) is 8.54. The van der Waals surface area contributed by atoms with E-state index in [1.807, 2.05) is 0 Å². The first-order valence-corrected chi connectivity index (χ1v) is 9.70. The van der Waals surface area contributed by atoms with E-state index in [1.54, 1.807) is 0 Å². The van der Waals surface area contributed by atoms with Crippen molar-refractivity contribution in [2.24, 2.45) is 5.41 Å². The maximum atomic E-state index is 3.88. The number of nitrogens with zero attached hydrogens (tertiary/aromatic N) is 1. The molecule has 0 aromatic carbocycles. The molecule has 0 aromatic rings. The van der Waals surface area contributed by atoms with Gasteiger partial charge >= 0.3 is 0 Å². The van der Waals surface area contributed by atoms with Crippen LogP contribution in [0.1, 0.15) is 59.8 Å². The van der Waals surface area contributed by atoms with Crippen LogP contribution >= 0.6 is 11.8 Å². The molecule has 2 fully saturated rings. The summed E-state index contributed by atoms with van der Waals surface area (Å²) < 4.78 is 0. The maximum Gasteiger partial charge on any atom is 0.0334 e. The van der Waals surface area contributed by atoms with Gasteiger partial charge in [0.2, 0.25) is 0 Å². The van der Waals surface area contributed by atoms with Crippen LogP contribution in [0.25, 0.3) is 0 Å². The zero-order valence-corrected chi connectivity index (χ0v) is 14.8. The Morgan fingerprint density at radius 3 is 2.55 bits per heavy atom. The van der Waals surface area contributed by atoms with Gasteiger partial charge in [-0.1, -0.05) is 40.5 Å². The molecule has 1 saturated carbocycles. The number of nitrogens with one attached hydrogen (secondary N) is 1. The summed E-state index contributed by atoms with van der Waals surface area (Å²) in [5.41, 5.74) is 0.870. The fraction of sp³-hybridized carbons (Fsp3) is 1.00. The van der Waals surface area contributed by atoms with Gasteiger partial charge in [-0.2, -0.15) is 11.8 Å². The van der Waals surface area contributed by atoms with Crippen LogP contribution in [-0.4, -0.2) is 47.6 Å². The molecule has 118 valence electrons. The Hall–Kier alpha value is 0.270. The van der Waals surface area contributed by atoms with Crippen molar-refractivity contribution in [2.75, 3.05) is 31.1 Å². The molecular weight excluding hydrogens is 264 g/mol. The standard InChI is InChI=1S/C17H34N2S/c1-5-20-12-8-11-19-13-15(16(2,3)4)18-14-17(19)9-6-7-10-17/h15,18H,5-14H2,1-4H3. The van der Waals surface area contributed by atoms with Crippen molar-refractivity contribution in [1.82, 2.24) is 10.2 Å². The molecule has 20 heavy (non-hydrogen) atoms. The summed E-state index contributed by atoms with van der Waals surface area (Å²) in [6.07, 6.45) is 7.05. The molecule has 3 heteroatoms. The van der Waals surface area contributed by atoms with Gasteiger partial charge in [0, 0.05) is 24.7 Å². The second kappa shape index (κ2) is 7.02. The summed E-state index contributed by atoms with van der Waals surface area (Å²) >= 11 is 2.09. The lowest BCUT2D eigenvalue weighted by atomic mass is 9.81. The molecule has 1 spiro atoms. The third-order valence-corrected chi connectivity index (χ3v) is 6.24. The molecule has 1 saturated heterocycles. The van der Waals surface area contributed by atoms with Crippen molar-refractivity contribution in [2.45, 2.75) is 71.4 Å². The van der Waals surface area contributed by atoms with Gasteiger partial charge < -0.3 is 5.32 Å².